The third-order valence-electron chi connectivity index (χ3n) is 6.51. The largest absolute Gasteiger partial charge is 0.493 e. The van der Waals surface area contributed by atoms with Gasteiger partial charge in [0.15, 0.2) is 11.5 Å². The highest BCUT2D eigenvalue weighted by molar-refractivity contribution is 5.91. The first-order valence-electron chi connectivity index (χ1n) is 11.7. The van der Waals surface area contributed by atoms with Gasteiger partial charge in [0.1, 0.15) is 0 Å². The zero-order chi connectivity index (χ0) is 22.9. The average Bonchev–Trinajstić information content (AvgIpc) is 2.83. The number of carbonyl (C=O) groups excluding carboxylic acids is 2. The summed E-state index contributed by atoms with van der Waals surface area (Å²) in [6, 6.07) is 3.80. The van der Waals surface area contributed by atoms with Crippen LogP contribution < -0.4 is 24.8 Å². The van der Waals surface area contributed by atoms with Crippen LogP contribution in [0.5, 0.6) is 17.2 Å². The smallest absolute Gasteiger partial charge is 0.225 e. The van der Waals surface area contributed by atoms with Crippen molar-refractivity contribution >= 4 is 17.5 Å². The first-order valence-corrected chi connectivity index (χ1v) is 11.7. The van der Waals surface area contributed by atoms with E-state index < -0.39 is 0 Å². The molecule has 0 atom stereocenters. The Balaban J connectivity index is 1.42. The fourth-order valence-electron chi connectivity index (χ4n) is 4.62. The first kappa shape index (κ1) is 24.2. The van der Waals surface area contributed by atoms with Crippen molar-refractivity contribution in [3.8, 4) is 17.2 Å². The van der Waals surface area contributed by atoms with Crippen LogP contribution in [-0.4, -0.2) is 63.7 Å². The first-order chi connectivity index (χ1) is 15.5. The number of rotatable bonds is 9. The highest BCUT2D eigenvalue weighted by Gasteiger charge is 2.27. The summed E-state index contributed by atoms with van der Waals surface area (Å²) in [5, 5.41) is 6.17. The number of piperidine rings is 1. The molecule has 2 amide bonds. The lowest BCUT2D eigenvalue weighted by Crippen LogP contribution is -2.44. The van der Waals surface area contributed by atoms with Gasteiger partial charge in [-0.1, -0.05) is 19.3 Å². The molecule has 1 aliphatic heterocycles. The lowest BCUT2D eigenvalue weighted by atomic mass is 9.92. The van der Waals surface area contributed by atoms with Crippen molar-refractivity contribution in [1.29, 1.82) is 0 Å². The molecule has 1 aromatic rings. The van der Waals surface area contributed by atoms with E-state index in [1.165, 1.54) is 19.3 Å². The molecule has 1 aliphatic carbocycles. The van der Waals surface area contributed by atoms with Crippen LogP contribution in [0.3, 0.4) is 0 Å². The van der Waals surface area contributed by atoms with Crippen LogP contribution in [0.4, 0.5) is 5.69 Å². The van der Waals surface area contributed by atoms with Gasteiger partial charge in [-0.15, -0.1) is 0 Å². The molecule has 178 valence electrons. The second-order valence-corrected chi connectivity index (χ2v) is 8.67. The van der Waals surface area contributed by atoms with Crippen LogP contribution in [0.1, 0.15) is 51.4 Å². The Morgan fingerprint density at radius 3 is 2.12 bits per heavy atom. The van der Waals surface area contributed by atoms with Crippen LogP contribution in [0.15, 0.2) is 12.1 Å². The Labute approximate surface area is 191 Å². The van der Waals surface area contributed by atoms with Gasteiger partial charge in [-0.2, -0.15) is 0 Å². The van der Waals surface area contributed by atoms with Gasteiger partial charge in [0, 0.05) is 42.7 Å². The Morgan fingerprint density at radius 2 is 1.56 bits per heavy atom. The molecule has 2 fully saturated rings. The quantitative estimate of drug-likeness (QED) is 0.604. The summed E-state index contributed by atoms with van der Waals surface area (Å²) in [5.74, 6) is 1.73. The summed E-state index contributed by atoms with van der Waals surface area (Å²) >= 11 is 0. The number of ether oxygens (including phenoxy) is 3. The van der Waals surface area contributed by atoms with E-state index in [1.54, 1.807) is 33.5 Å². The van der Waals surface area contributed by atoms with Gasteiger partial charge in [0.05, 0.1) is 21.3 Å². The number of hydrogen-bond acceptors (Lipinski definition) is 6. The van der Waals surface area contributed by atoms with Gasteiger partial charge >= 0.3 is 0 Å². The number of nitrogens with one attached hydrogen (secondary N) is 2. The normalized spacial score (nSPS) is 18.1. The standard InChI is InChI=1S/C24H37N3O5/c1-30-20-15-19(16-21(31-2)23(20)32-3)25-22(28)11-14-27-12-9-17(10-13-27)24(29)26-18-7-5-4-6-8-18/h15-18H,4-14H2,1-3H3,(H,25,28)(H,26,29). The molecule has 0 spiro atoms. The molecule has 3 rings (SSSR count). The van der Waals surface area contributed by atoms with E-state index in [0.29, 0.717) is 41.9 Å². The summed E-state index contributed by atoms with van der Waals surface area (Å²) in [5.41, 5.74) is 0.600. The van der Waals surface area contributed by atoms with Gasteiger partial charge < -0.3 is 29.7 Å². The Morgan fingerprint density at radius 1 is 0.938 bits per heavy atom. The van der Waals surface area contributed by atoms with Crippen molar-refractivity contribution in [3.05, 3.63) is 12.1 Å². The van der Waals surface area contributed by atoms with Crippen molar-refractivity contribution in [2.75, 3.05) is 46.3 Å². The highest BCUT2D eigenvalue weighted by atomic mass is 16.5. The minimum atomic E-state index is -0.0727. The lowest BCUT2D eigenvalue weighted by Gasteiger charge is -2.32. The number of amides is 2. The molecule has 8 nitrogen and oxygen atoms in total. The number of nitrogens with zero attached hydrogens (tertiary/aromatic N) is 1. The maximum absolute atomic E-state index is 12.6. The third kappa shape index (κ3) is 6.51. The number of likely N-dealkylation sites (tertiary alicyclic amines) is 1. The second-order valence-electron chi connectivity index (χ2n) is 8.67. The average molecular weight is 448 g/mol. The molecule has 32 heavy (non-hydrogen) atoms. The molecule has 2 N–H and O–H groups in total. The molecule has 0 aromatic heterocycles. The predicted octanol–water partition coefficient (Wildman–Crippen LogP) is 3.20. The fourth-order valence-corrected chi connectivity index (χ4v) is 4.62. The number of carbonyl (C=O) groups is 2. The highest BCUT2D eigenvalue weighted by Crippen LogP contribution is 2.39. The van der Waals surface area contributed by atoms with Crippen molar-refractivity contribution in [2.24, 2.45) is 5.92 Å². The van der Waals surface area contributed by atoms with E-state index >= 15 is 0 Å². The zero-order valence-corrected chi connectivity index (χ0v) is 19.6. The fraction of sp³-hybridized carbons (Fsp3) is 0.667. The minimum Gasteiger partial charge on any atom is -0.493 e. The summed E-state index contributed by atoms with van der Waals surface area (Å²) < 4.78 is 16.0. The number of hydrogen-bond donors (Lipinski definition) is 2. The topological polar surface area (TPSA) is 89.1 Å². The van der Waals surface area contributed by atoms with Crippen LogP contribution in [0.2, 0.25) is 0 Å². The lowest BCUT2D eigenvalue weighted by molar-refractivity contribution is -0.127. The maximum atomic E-state index is 12.6. The Hall–Kier alpha value is -2.48. The SMILES string of the molecule is COc1cc(NC(=O)CCN2CCC(C(=O)NC3CCCCC3)CC2)cc(OC)c1OC. The monoisotopic (exact) mass is 447 g/mol. The van der Waals surface area contributed by atoms with Gasteiger partial charge in [0.25, 0.3) is 0 Å². The third-order valence-corrected chi connectivity index (χ3v) is 6.51. The van der Waals surface area contributed by atoms with Crippen LogP contribution in [0, 0.1) is 5.92 Å². The van der Waals surface area contributed by atoms with E-state index in [4.69, 9.17) is 14.2 Å². The molecule has 2 aliphatic rings. The molecule has 0 radical (unpaired) electrons. The summed E-state index contributed by atoms with van der Waals surface area (Å²) in [4.78, 5) is 27.3. The second kappa shape index (κ2) is 11.9. The predicted molar refractivity (Wildman–Crippen MR) is 124 cm³/mol. The van der Waals surface area contributed by atoms with Crippen LogP contribution >= 0.6 is 0 Å². The molecule has 1 aromatic carbocycles. The summed E-state index contributed by atoms with van der Waals surface area (Å²) in [6.45, 7) is 2.37. The molecule has 1 heterocycles. The molecule has 8 heteroatoms. The zero-order valence-electron chi connectivity index (χ0n) is 19.6. The van der Waals surface area contributed by atoms with Crippen LogP contribution in [-0.2, 0) is 9.59 Å². The van der Waals surface area contributed by atoms with Crippen molar-refractivity contribution in [1.82, 2.24) is 10.2 Å². The number of methoxy groups -OCH3 is 3. The number of anilines is 1. The molecule has 0 unspecified atom stereocenters. The molecule has 1 saturated heterocycles. The van der Waals surface area contributed by atoms with Crippen molar-refractivity contribution < 1.29 is 23.8 Å². The van der Waals surface area contributed by atoms with Gasteiger partial charge in [-0.05, 0) is 38.8 Å². The number of benzene rings is 1. The van der Waals surface area contributed by atoms with Crippen molar-refractivity contribution in [3.63, 3.8) is 0 Å². The van der Waals surface area contributed by atoms with E-state index in [2.05, 4.69) is 15.5 Å². The van der Waals surface area contributed by atoms with Crippen molar-refractivity contribution in [2.45, 2.75) is 57.4 Å². The van der Waals surface area contributed by atoms with Gasteiger partial charge in [0.2, 0.25) is 17.6 Å². The van der Waals surface area contributed by atoms with Gasteiger partial charge in [-0.25, -0.2) is 0 Å². The molecular weight excluding hydrogens is 410 g/mol. The molecule has 0 bridgehead atoms. The summed E-state index contributed by atoms with van der Waals surface area (Å²) in [7, 11) is 4.63. The van der Waals surface area contributed by atoms with Crippen LogP contribution in [0.25, 0.3) is 0 Å². The molecule has 1 saturated carbocycles. The van der Waals surface area contributed by atoms with E-state index in [1.807, 2.05) is 0 Å². The summed E-state index contributed by atoms with van der Waals surface area (Å²) in [6.07, 6.45) is 8.06. The minimum absolute atomic E-state index is 0.0727. The Kier molecular flexibility index (Phi) is 9.02. The maximum Gasteiger partial charge on any atom is 0.225 e. The van der Waals surface area contributed by atoms with E-state index in [-0.39, 0.29) is 17.7 Å². The van der Waals surface area contributed by atoms with E-state index in [0.717, 1.165) is 38.8 Å². The van der Waals surface area contributed by atoms with Gasteiger partial charge in [-0.3, -0.25) is 9.59 Å². The van der Waals surface area contributed by atoms with E-state index in [9.17, 15) is 9.59 Å². The Bertz CT molecular complexity index is 746. The molecular formula is C24H37N3O5.